The molecular formula is C21H24F2N6OS. The Morgan fingerprint density at radius 3 is 2.77 bits per heavy atom. The summed E-state index contributed by atoms with van der Waals surface area (Å²) in [4.78, 5) is 24.0. The van der Waals surface area contributed by atoms with Gasteiger partial charge in [-0.25, -0.2) is 23.4 Å². The molecule has 0 saturated carbocycles. The number of rotatable bonds is 8. The topological polar surface area (TPSA) is 75.9 Å². The van der Waals surface area contributed by atoms with Gasteiger partial charge in [0.05, 0.1) is 23.7 Å². The fourth-order valence-electron chi connectivity index (χ4n) is 3.56. The van der Waals surface area contributed by atoms with Crippen LogP contribution in [0, 0.1) is 11.6 Å². The fraction of sp³-hybridized carbons (Fsp3) is 0.429. The van der Waals surface area contributed by atoms with Crippen LogP contribution in [0.3, 0.4) is 0 Å². The Morgan fingerprint density at radius 2 is 2.03 bits per heavy atom. The number of nitrogens with zero attached hydrogens (tertiary/aromatic N) is 5. The van der Waals surface area contributed by atoms with Crippen LogP contribution in [0.1, 0.15) is 36.5 Å². The summed E-state index contributed by atoms with van der Waals surface area (Å²) in [7, 11) is 0. The van der Waals surface area contributed by atoms with Crippen LogP contribution in [0.4, 0.5) is 14.6 Å². The highest BCUT2D eigenvalue weighted by molar-refractivity contribution is 7.99. The van der Waals surface area contributed by atoms with Crippen molar-refractivity contribution in [3.05, 3.63) is 41.6 Å². The molecule has 3 aromatic rings. The van der Waals surface area contributed by atoms with Gasteiger partial charge in [0, 0.05) is 31.5 Å². The Balaban J connectivity index is 1.52. The molecule has 1 N–H and O–H groups in total. The largest absolute Gasteiger partial charge is 0.356 e. The Hall–Kier alpha value is -2.75. The molecule has 1 saturated heterocycles. The molecular weight excluding hydrogens is 422 g/mol. The molecule has 4 rings (SSSR count). The van der Waals surface area contributed by atoms with Gasteiger partial charge in [-0.1, -0.05) is 18.7 Å². The molecule has 0 aliphatic carbocycles. The van der Waals surface area contributed by atoms with E-state index >= 15 is 0 Å². The van der Waals surface area contributed by atoms with Crippen LogP contribution in [-0.4, -0.2) is 51.0 Å². The molecule has 2 aromatic heterocycles. The number of anilines is 1. The molecule has 1 aliphatic heterocycles. The van der Waals surface area contributed by atoms with Gasteiger partial charge in [0.15, 0.2) is 10.8 Å². The number of hydrogen-bond donors (Lipinski definition) is 1. The summed E-state index contributed by atoms with van der Waals surface area (Å²) >= 11 is 1.62. The summed E-state index contributed by atoms with van der Waals surface area (Å²) in [5, 5.41) is 8.72. The molecule has 0 spiro atoms. The van der Waals surface area contributed by atoms with E-state index in [1.165, 1.54) is 0 Å². The van der Waals surface area contributed by atoms with Gasteiger partial charge in [-0.05, 0) is 31.4 Å². The highest BCUT2D eigenvalue weighted by atomic mass is 32.2. The van der Waals surface area contributed by atoms with Crippen molar-refractivity contribution in [3.8, 4) is 0 Å². The minimum Gasteiger partial charge on any atom is -0.356 e. The van der Waals surface area contributed by atoms with Gasteiger partial charge in [0.1, 0.15) is 17.5 Å². The van der Waals surface area contributed by atoms with Crippen molar-refractivity contribution in [1.82, 2.24) is 25.1 Å². The van der Waals surface area contributed by atoms with Gasteiger partial charge in [-0.3, -0.25) is 4.79 Å². The molecule has 1 aromatic carbocycles. The van der Waals surface area contributed by atoms with E-state index in [4.69, 9.17) is 9.97 Å². The summed E-state index contributed by atoms with van der Waals surface area (Å²) in [5.74, 6) is -0.367. The van der Waals surface area contributed by atoms with Crippen LogP contribution in [-0.2, 0) is 6.54 Å². The number of carbonyl (C=O) groups is 1. The van der Waals surface area contributed by atoms with E-state index in [9.17, 15) is 13.6 Å². The number of benzene rings is 1. The number of aromatic nitrogens is 4. The fourth-order valence-corrected chi connectivity index (χ4v) is 4.25. The number of fused-ring (bicyclic) bond motifs is 1. The second-order valence-electron chi connectivity index (χ2n) is 7.36. The van der Waals surface area contributed by atoms with Crippen LogP contribution < -0.4 is 10.2 Å². The standard InChI is InChI=1S/C21H24F2N6OS/c1-2-11-31-21-26-18(28-8-3-4-9-28)16-13-25-29(19(16)27-21)10-7-24-20(30)15-6-5-14(22)12-17(15)23/h5-6,12-13H,2-4,7-11H2,1H3,(H,24,30). The number of nitrogens with one attached hydrogen (secondary N) is 1. The van der Waals surface area contributed by atoms with Crippen molar-refractivity contribution >= 4 is 34.5 Å². The van der Waals surface area contributed by atoms with Crippen molar-refractivity contribution in [3.63, 3.8) is 0 Å². The molecule has 3 heterocycles. The molecule has 1 fully saturated rings. The average Bonchev–Trinajstić information content (AvgIpc) is 3.42. The van der Waals surface area contributed by atoms with Crippen molar-refractivity contribution < 1.29 is 13.6 Å². The van der Waals surface area contributed by atoms with Crippen LogP contribution in [0.5, 0.6) is 0 Å². The number of hydrogen-bond acceptors (Lipinski definition) is 6. The van der Waals surface area contributed by atoms with Gasteiger partial charge >= 0.3 is 0 Å². The first-order valence-electron chi connectivity index (χ1n) is 10.4. The highest BCUT2D eigenvalue weighted by Gasteiger charge is 2.21. The number of thioether (sulfide) groups is 1. The number of carbonyl (C=O) groups excluding carboxylic acids is 1. The van der Waals surface area contributed by atoms with Crippen LogP contribution in [0.25, 0.3) is 11.0 Å². The maximum Gasteiger partial charge on any atom is 0.254 e. The third kappa shape index (κ3) is 4.79. The smallest absolute Gasteiger partial charge is 0.254 e. The zero-order valence-corrected chi connectivity index (χ0v) is 18.1. The third-order valence-corrected chi connectivity index (χ3v) is 6.13. The molecule has 31 heavy (non-hydrogen) atoms. The third-order valence-electron chi connectivity index (χ3n) is 5.08. The predicted octanol–water partition coefficient (Wildman–Crippen LogP) is 3.64. The van der Waals surface area contributed by atoms with E-state index in [0.29, 0.717) is 12.6 Å². The lowest BCUT2D eigenvalue weighted by Crippen LogP contribution is -2.28. The first-order valence-corrected chi connectivity index (χ1v) is 11.4. The van der Waals surface area contributed by atoms with Crippen molar-refractivity contribution in [2.45, 2.75) is 37.9 Å². The molecule has 0 unspecified atom stereocenters. The van der Waals surface area contributed by atoms with Gasteiger partial charge in [0.25, 0.3) is 5.91 Å². The maximum atomic E-state index is 13.8. The lowest BCUT2D eigenvalue weighted by molar-refractivity contribution is 0.0948. The Labute approximate surface area is 183 Å². The van der Waals surface area contributed by atoms with Crippen LogP contribution in [0.2, 0.25) is 0 Å². The monoisotopic (exact) mass is 446 g/mol. The molecule has 10 heteroatoms. The maximum absolute atomic E-state index is 13.8. The van der Waals surface area contributed by atoms with E-state index in [1.807, 2.05) is 0 Å². The lowest BCUT2D eigenvalue weighted by Gasteiger charge is -2.18. The van der Waals surface area contributed by atoms with Gasteiger partial charge < -0.3 is 10.2 Å². The first kappa shape index (κ1) is 21.5. The number of halogens is 2. The molecule has 7 nitrogen and oxygen atoms in total. The second-order valence-corrected chi connectivity index (χ2v) is 8.42. The minimum atomic E-state index is -0.886. The van der Waals surface area contributed by atoms with Crippen molar-refractivity contribution in [2.75, 3.05) is 30.3 Å². The summed E-state index contributed by atoms with van der Waals surface area (Å²) < 4.78 is 28.6. The van der Waals surface area contributed by atoms with E-state index in [2.05, 4.69) is 22.2 Å². The van der Waals surface area contributed by atoms with Crippen molar-refractivity contribution in [1.29, 1.82) is 0 Å². The van der Waals surface area contributed by atoms with Crippen LogP contribution in [0.15, 0.2) is 29.6 Å². The normalized spacial score (nSPS) is 13.8. The average molecular weight is 447 g/mol. The quantitative estimate of drug-likeness (QED) is 0.421. The predicted molar refractivity (Wildman–Crippen MR) is 116 cm³/mol. The van der Waals surface area contributed by atoms with Crippen molar-refractivity contribution in [2.24, 2.45) is 0 Å². The molecule has 1 amide bonds. The van der Waals surface area contributed by atoms with Gasteiger partial charge in [-0.2, -0.15) is 5.10 Å². The summed E-state index contributed by atoms with van der Waals surface area (Å²) in [6.45, 7) is 4.64. The van der Waals surface area contributed by atoms with Crippen LogP contribution >= 0.6 is 11.8 Å². The Kier molecular flexibility index (Phi) is 6.64. The Morgan fingerprint density at radius 1 is 1.23 bits per heavy atom. The van der Waals surface area contributed by atoms with E-state index in [-0.39, 0.29) is 12.1 Å². The summed E-state index contributed by atoms with van der Waals surface area (Å²) in [5.41, 5.74) is 0.529. The highest BCUT2D eigenvalue weighted by Crippen LogP contribution is 2.29. The van der Waals surface area contributed by atoms with E-state index < -0.39 is 17.5 Å². The minimum absolute atomic E-state index is 0.191. The molecule has 0 radical (unpaired) electrons. The SMILES string of the molecule is CCCSc1nc(N2CCCC2)c2cnn(CCNC(=O)c3ccc(F)cc3F)c2n1. The lowest BCUT2D eigenvalue weighted by atomic mass is 10.2. The summed E-state index contributed by atoms with van der Waals surface area (Å²) in [6, 6.07) is 2.89. The van der Waals surface area contributed by atoms with Gasteiger partial charge in [0.2, 0.25) is 0 Å². The van der Waals surface area contributed by atoms with Gasteiger partial charge in [-0.15, -0.1) is 0 Å². The molecule has 1 aliphatic rings. The second kappa shape index (κ2) is 9.59. The molecule has 164 valence electrons. The molecule has 0 atom stereocenters. The summed E-state index contributed by atoms with van der Waals surface area (Å²) in [6.07, 6.45) is 5.07. The van der Waals surface area contributed by atoms with E-state index in [0.717, 1.165) is 72.2 Å². The first-order chi connectivity index (χ1) is 15.1. The van der Waals surface area contributed by atoms with E-state index in [1.54, 1.807) is 22.6 Å². The zero-order chi connectivity index (χ0) is 21.8. The Bertz CT molecular complexity index is 1080. The zero-order valence-electron chi connectivity index (χ0n) is 17.3. The number of amides is 1. The molecule has 0 bridgehead atoms.